The Bertz CT molecular complexity index is 427. The van der Waals surface area contributed by atoms with Gasteiger partial charge in [-0.25, -0.2) is 8.78 Å². The normalized spacial score (nSPS) is 13.6. The molecule has 0 aliphatic heterocycles. The van der Waals surface area contributed by atoms with E-state index in [0.29, 0.717) is 12.8 Å². The molecule has 0 radical (unpaired) electrons. The summed E-state index contributed by atoms with van der Waals surface area (Å²) in [6.45, 7) is 3.92. The minimum Gasteiger partial charge on any atom is -0.377 e. The highest BCUT2D eigenvalue weighted by molar-refractivity contribution is 9.10. The Morgan fingerprint density at radius 2 is 1.89 bits per heavy atom. The van der Waals surface area contributed by atoms with Crippen LogP contribution in [0.25, 0.3) is 0 Å². The van der Waals surface area contributed by atoms with Gasteiger partial charge in [-0.05, 0) is 47.3 Å². The van der Waals surface area contributed by atoms with E-state index in [0.717, 1.165) is 0 Å². The predicted octanol–water partition coefficient (Wildman–Crippen LogP) is 3.80. The van der Waals surface area contributed by atoms with Crippen molar-refractivity contribution >= 4 is 15.9 Å². The van der Waals surface area contributed by atoms with E-state index < -0.39 is 23.3 Å². The Labute approximate surface area is 121 Å². The topological polar surface area (TPSA) is 35.2 Å². The van der Waals surface area contributed by atoms with Gasteiger partial charge in [-0.2, -0.15) is 0 Å². The second-order valence-corrected chi connectivity index (χ2v) is 5.46. The van der Waals surface area contributed by atoms with Crippen LogP contribution in [0.5, 0.6) is 0 Å². The molecule has 0 heterocycles. The molecule has 108 valence electrons. The van der Waals surface area contributed by atoms with Crippen molar-refractivity contribution in [1.29, 1.82) is 0 Å². The summed E-state index contributed by atoms with van der Waals surface area (Å²) in [5.74, 6) is -1.17. The van der Waals surface area contributed by atoms with Crippen LogP contribution in [0.1, 0.15) is 32.3 Å². The molecule has 19 heavy (non-hydrogen) atoms. The molecule has 5 heteroatoms. The molecule has 0 fully saturated rings. The van der Waals surface area contributed by atoms with Crippen LogP contribution in [0.2, 0.25) is 0 Å². The van der Waals surface area contributed by atoms with Crippen molar-refractivity contribution in [3.63, 3.8) is 0 Å². The Balaban J connectivity index is 3.05. The van der Waals surface area contributed by atoms with Gasteiger partial charge in [0.1, 0.15) is 11.6 Å². The first kappa shape index (κ1) is 16.5. The van der Waals surface area contributed by atoms with Crippen molar-refractivity contribution < 1.29 is 13.5 Å². The van der Waals surface area contributed by atoms with Gasteiger partial charge < -0.3 is 10.5 Å². The molecule has 0 spiro atoms. The molecule has 2 N–H and O–H groups in total. The van der Waals surface area contributed by atoms with Crippen molar-refractivity contribution in [3.05, 3.63) is 33.8 Å². The highest BCUT2D eigenvalue weighted by Crippen LogP contribution is 2.28. The molecule has 1 unspecified atom stereocenters. The molecule has 0 saturated heterocycles. The summed E-state index contributed by atoms with van der Waals surface area (Å²) in [6, 6.07) is 2.12. The Morgan fingerprint density at radius 3 is 2.37 bits per heavy atom. The summed E-state index contributed by atoms with van der Waals surface area (Å²) >= 11 is 3.06. The van der Waals surface area contributed by atoms with E-state index in [9.17, 15) is 8.78 Å². The third-order valence-electron chi connectivity index (χ3n) is 3.84. The smallest absolute Gasteiger partial charge is 0.143 e. The second kappa shape index (κ2) is 6.77. The first-order chi connectivity index (χ1) is 8.91. The molecule has 0 aliphatic rings. The van der Waals surface area contributed by atoms with Gasteiger partial charge in [-0.1, -0.05) is 13.8 Å². The maximum absolute atomic E-state index is 13.9. The lowest BCUT2D eigenvalue weighted by Crippen LogP contribution is -2.50. The first-order valence-electron chi connectivity index (χ1n) is 6.35. The van der Waals surface area contributed by atoms with Crippen LogP contribution in [0.15, 0.2) is 16.6 Å². The van der Waals surface area contributed by atoms with Crippen LogP contribution in [0, 0.1) is 11.6 Å². The number of rotatable bonds is 6. The number of nitrogens with two attached hydrogens (primary N) is 1. The molecule has 0 amide bonds. The molecule has 1 aromatic carbocycles. The maximum atomic E-state index is 13.9. The molecule has 1 aromatic rings. The first-order valence-corrected chi connectivity index (χ1v) is 7.14. The van der Waals surface area contributed by atoms with Crippen LogP contribution in [-0.2, 0) is 11.2 Å². The number of benzene rings is 1. The third kappa shape index (κ3) is 3.33. The number of ether oxygens (including phenoxy) is 1. The highest BCUT2D eigenvalue weighted by Gasteiger charge is 2.34. The van der Waals surface area contributed by atoms with Crippen molar-refractivity contribution in [2.75, 3.05) is 7.11 Å². The lowest BCUT2D eigenvalue weighted by Gasteiger charge is -2.36. The van der Waals surface area contributed by atoms with Gasteiger partial charge in [-0.15, -0.1) is 0 Å². The largest absolute Gasteiger partial charge is 0.377 e. The zero-order valence-corrected chi connectivity index (χ0v) is 13.1. The number of halogens is 3. The van der Waals surface area contributed by atoms with Crippen LogP contribution in [-0.4, -0.2) is 18.8 Å². The monoisotopic (exact) mass is 335 g/mol. The van der Waals surface area contributed by atoms with Gasteiger partial charge >= 0.3 is 0 Å². The number of hydrogen-bond acceptors (Lipinski definition) is 2. The summed E-state index contributed by atoms with van der Waals surface area (Å²) in [5.41, 5.74) is 5.58. The fourth-order valence-corrected chi connectivity index (χ4v) is 2.75. The van der Waals surface area contributed by atoms with E-state index in [-0.39, 0.29) is 16.5 Å². The van der Waals surface area contributed by atoms with E-state index in [4.69, 9.17) is 10.5 Å². The van der Waals surface area contributed by atoms with E-state index in [1.807, 2.05) is 13.8 Å². The predicted molar refractivity (Wildman–Crippen MR) is 76.1 cm³/mol. The number of hydrogen-bond donors (Lipinski definition) is 1. The Morgan fingerprint density at radius 1 is 1.32 bits per heavy atom. The SMILES string of the molecule is CCC(CC)(OC)C(N)Cc1c(F)ccc(Br)c1F. The number of methoxy groups -OCH3 is 1. The molecule has 0 aromatic heterocycles. The molecule has 1 atom stereocenters. The zero-order chi connectivity index (χ0) is 14.6. The van der Waals surface area contributed by atoms with Gasteiger partial charge in [-0.3, -0.25) is 0 Å². The Kier molecular flexibility index (Phi) is 5.89. The summed E-state index contributed by atoms with van der Waals surface area (Å²) in [4.78, 5) is 0. The van der Waals surface area contributed by atoms with Crippen molar-refractivity contribution in [2.24, 2.45) is 5.73 Å². The fourth-order valence-electron chi connectivity index (χ4n) is 2.38. The molecule has 0 saturated carbocycles. The van der Waals surface area contributed by atoms with E-state index in [1.54, 1.807) is 7.11 Å². The highest BCUT2D eigenvalue weighted by atomic mass is 79.9. The van der Waals surface area contributed by atoms with Gasteiger partial charge in [0.05, 0.1) is 10.1 Å². The van der Waals surface area contributed by atoms with Crippen LogP contribution < -0.4 is 5.73 Å². The third-order valence-corrected chi connectivity index (χ3v) is 4.45. The van der Waals surface area contributed by atoms with Gasteiger partial charge in [0, 0.05) is 18.7 Å². The molecule has 0 aliphatic carbocycles. The average molecular weight is 336 g/mol. The minimum atomic E-state index is -0.590. The summed E-state index contributed by atoms with van der Waals surface area (Å²) < 4.78 is 33.4. The Hall–Kier alpha value is -0.520. The standard InChI is InChI=1S/C14H20BrF2NO/c1-4-14(5-2,19-3)12(18)8-9-11(16)7-6-10(15)13(9)17/h6-7,12H,4-5,8,18H2,1-3H3. The molecule has 2 nitrogen and oxygen atoms in total. The molecule has 1 rings (SSSR count). The van der Waals surface area contributed by atoms with Crippen molar-refractivity contribution in [2.45, 2.75) is 44.8 Å². The lowest BCUT2D eigenvalue weighted by atomic mass is 9.85. The van der Waals surface area contributed by atoms with Crippen LogP contribution in [0.4, 0.5) is 8.78 Å². The van der Waals surface area contributed by atoms with Gasteiger partial charge in [0.2, 0.25) is 0 Å². The van der Waals surface area contributed by atoms with E-state index in [1.165, 1.54) is 12.1 Å². The molecular weight excluding hydrogens is 316 g/mol. The van der Waals surface area contributed by atoms with E-state index >= 15 is 0 Å². The van der Waals surface area contributed by atoms with E-state index in [2.05, 4.69) is 15.9 Å². The van der Waals surface area contributed by atoms with Gasteiger partial charge in [0.25, 0.3) is 0 Å². The van der Waals surface area contributed by atoms with Crippen molar-refractivity contribution in [1.82, 2.24) is 0 Å². The summed E-state index contributed by atoms with van der Waals surface area (Å²) in [7, 11) is 1.58. The van der Waals surface area contributed by atoms with Crippen LogP contribution in [0.3, 0.4) is 0 Å². The second-order valence-electron chi connectivity index (χ2n) is 4.61. The van der Waals surface area contributed by atoms with Crippen molar-refractivity contribution in [3.8, 4) is 0 Å². The minimum absolute atomic E-state index is 0.00481. The summed E-state index contributed by atoms with van der Waals surface area (Å²) in [6.07, 6.45) is 1.49. The molecular formula is C14H20BrF2NO. The van der Waals surface area contributed by atoms with Gasteiger partial charge in [0.15, 0.2) is 0 Å². The quantitative estimate of drug-likeness (QED) is 0.802. The zero-order valence-electron chi connectivity index (χ0n) is 11.5. The average Bonchev–Trinajstić information content (AvgIpc) is 2.42. The summed E-state index contributed by atoms with van der Waals surface area (Å²) in [5, 5.41) is 0. The molecule has 0 bridgehead atoms. The maximum Gasteiger partial charge on any atom is 0.143 e. The lowest BCUT2D eigenvalue weighted by molar-refractivity contribution is -0.0377. The fraction of sp³-hybridized carbons (Fsp3) is 0.571. The van der Waals surface area contributed by atoms with Crippen LogP contribution >= 0.6 is 15.9 Å².